The molecule has 1 N–H and O–H groups in total. The molecule has 2 heterocycles. The van der Waals surface area contributed by atoms with Crippen LogP contribution in [0.25, 0.3) is 0 Å². The molecule has 2 aromatic rings. The monoisotopic (exact) mass is 455 g/mol. The lowest BCUT2D eigenvalue weighted by atomic mass is 10.1. The third-order valence-corrected chi connectivity index (χ3v) is 7.13. The van der Waals surface area contributed by atoms with Gasteiger partial charge in [0.1, 0.15) is 10.5 Å². The van der Waals surface area contributed by atoms with E-state index in [1.54, 1.807) is 4.90 Å². The van der Waals surface area contributed by atoms with Gasteiger partial charge in [0.15, 0.2) is 22.2 Å². The number of aryl methyl sites for hydroxylation is 1. The molecule has 162 valence electrons. The number of sulfone groups is 1. The molecule has 0 atom stereocenters. The summed E-state index contributed by atoms with van der Waals surface area (Å²) in [4.78, 5) is 38.7. The van der Waals surface area contributed by atoms with Gasteiger partial charge in [-0.3, -0.25) is 19.1 Å². The molecule has 0 bridgehead atoms. The Labute approximate surface area is 178 Å². The second kappa shape index (κ2) is 8.65. The molecule has 0 aliphatic carbocycles. The molecule has 0 spiro atoms. The lowest BCUT2D eigenvalue weighted by Crippen LogP contribution is -2.32. The predicted octanol–water partition coefficient (Wildman–Crippen LogP) is 1.39. The van der Waals surface area contributed by atoms with E-state index >= 15 is 0 Å². The number of hydrogen-bond donors (Lipinski definition) is 1. The van der Waals surface area contributed by atoms with Gasteiger partial charge < -0.3 is 14.7 Å². The van der Waals surface area contributed by atoms with E-state index in [9.17, 15) is 22.8 Å². The summed E-state index contributed by atoms with van der Waals surface area (Å²) in [5, 5.41) is 2.34. The summed E-state index contributed by atoms with van der Waals surface area (Å²) in [6.45, 7) is 2.29. The van der Waals surface area contributed by atoms with Crippen LogP contribution in [0.2, 0.25) is 5.02 Å². The van der Waals surface area contributed by atoms with Crippen molar-refractivity contribution < 1.29 is 22.7 Å². The van der Waals surface area contributed by atoms with Crippen molar-refractivity contribution in [3.63, 3.8) is 0 Å². The topological polar surface area (TPSA) is 119 Å². The fourth-order valence-corrected chi connectivity index (χ4v) is 4.60. The largest absolute Gasteiger partial charge is 0.481 e. The van der Waals surface area contributed by atoms with E-state index in [0.717, 1.165) is 17.5 Å². The van der Waals surface area contributed by atoms with Gasteiger partial charge in [-0.1, -0.05) is 18.5 Å². The number of ketones is 1. The SMILES string of the molecule is CCS(=O)(=O)c1ccc(C(=O)c2c[nH]n(C)c2=O)c(Cl)c1OCC(=O)N1CCCC1. The van der Waals surface area contributed by atoms with Crippen molar-refractivity contribution in [1.82, 2.24) is 14.7 Å². The number of H-pyrrole nitrogens is 1. The van der Waals surface area contributed by atoms with Crippen molar-refractivity contribution >= 4 is 33.1 Å². The average molecular weight is 456 g/mol. The van der Waals surface area contributed by atoms with Crippen molar-refractivity contribution in [3.05, 3.63) is 44.8 Å². The van der Waals surface area contributed by atoms with Crippen LogP contribution in [-0.4, -0.2) is 60.2 Å². The fraction of sp³-hybridized carbons (Fsp3) is 0.421. The molecule has 0 saturated carbocycles. The second-order valence-corrected chi connectivity index (χ2v) is 9.54. The van der Waals surface area contributed by atoms with E-state index < -0.39 is 27.8 Å². The van der Waals surface area contributed by atoms with Gasteiger partial charge in [-0.15, -0.1) is 0 Å². The van der Waals surface area contributed by atoms with Crippen LogP contribution in [0.5, 0.6) is 5.75 Å². The maximum atomic E-state index is 12.8. The number of rotatable bonds is 7. The Kier molecular flexibility index (Phi) is 6.37. The first-order chi connectivity index (χ1) is 14.2. The highest BCUT2D eigenvalue weighted by Crippen LogP contribution is 2.36. The Morgan fingerprint density at radius 3 is 2.43 bits per heavy atom. The third kappa shape index (κ3) is 4.15. The average Bonchev–Trinajstić information content (AvgIpc) is 3.37. The standard InChI is InChI=1S/C19H22ClN3O6S/c1-3-30(27,28)14-7-6-12(17(25)13-10-21-22(2)19(13)26)16(20)18(14)29-11-15(24)23-8-4-5-9-23/h6-7,10,21H,3-5,8-9,11H2,1-2H3. The molecule has 1 aliphatic rings. The zero-order valence-corrected chi connectivity index (χ0v) is 18.2. The van der Waals surface area contributed by atoms with E-state index in [1.807, 2.05) is 0 Å². The van der Waals surface area contributed by atoms with Crippen molar-refractivity contribution in [2.24, 2.45) is 7.05 Å². The first-order valence-electron chi connectivity index (χ1n) is 9.42. The first kappa shape index (κ1) is 22.1. The van der Waals surface area contributed by atoms with Crippen LogP contribution >= 0.6 is 11.6 Å². The molecule has 0 radical (unpaired) electrons. The predicted molar refractivity (Wildman–Crippen MR) is 110 cm³/mol. The van der Waals surface area contributed by atoms with Crippen LogP contribution in [0.4, 0.5) is 0 Å². The lowest BCUT2D eigenvalue weighted by molar-refractivity contribution is -0.132. The maximum absolute atomic E-state index is 12.8. The summed E-state index contributed by atoms with van der Waals surface area (Å²) in [5.74, 6) is -1.45. The second-order valence-electron chi connectivity index (χ2n) is 6.91. The van der Waals surface area contributed by atoms with Gasteiger partial charge in [-0.2, -0.15) is 0 Å². The van der Waals surface area contributed by atoms with Gasteiger partial charge in [-0.05, 0) is 25.0 Å². The molecule has 30 heavy (non-hydrogen) atoms. The van der Waals surface area contributed by atoms with E-state index in [2.05, 4.69) is 5.10 Å². The molecule has 1 fully saturated rings. The van der Waals surface area contributed by atoms with Crippen LogP contribution < -0.4 is 10.3 Å². The maximum Gasteiger partial charge on any atom is 0.277 e. The highest BCUT2D eigenvalue weighted by Gasteiger charge is 2.28. The van der Waals surface area contributed by atoms with Crippen LogP contribution in [-0.2, 0) is 21.7 Å². The van der Waals surface area contributed by atoms with Gasteiger partial charge >= 0.3 is 0 Å². The van der Waals surface area contributed by atoms with E-state index in [0.29, 0.717) is 13.1 Å². The Hall–Kier alpha value is -2.59. The number of ether oxygens (including phenoxy) is 1. The summed E-state index contributed by atoms with van der Waals surface area (Å²) in [6.07, 6.45) is 3.05. The highest BCUT2D eigenvalue weighted by molar-refractivity contribution is 7.91. The summed E-state index contributed by atoms with van der Waals surface area (Å²) in [7, 11) is -2.29. The minimum atomic E-state index is -3.75. The first-order valence-corrected chi connectivity index (χ1v) is 11.4. The van der Waals surface area contributed by atoms with Crippen LogP contribution in [0, 0.1) is 0 Å². The minimum absolute atomic E-state index is 0.0907. The van der Waals surface area contributed by atoms with E-state index in [-0.39, 0.29) is 38.5 Å². The number of carbonyl (C=O) groups excluding carboxylic acids is 2. The van der Waals surface area contributed by atoms with E-state index in [4.69, 9.17) is 16.3 Å². The Bertz CT molecular complexity index is 1150. The van der Waals surface area contributed by atoms with Crippen molar-refractivity contribution in [1.29, 1.82) is 0 Å². The molecule has 0 unspecified atom stereocenters. The number of carbonyl (C=O) groups is 2. The number of likely N-dealkylation sites (tertiary alicyclic amines) is 1. The number of aromatic amines is 1. The number of benzene rings is 1. The molecule has 3 rings (SSSR count). The summed E-state index contributed by atoms with van der Waals surface area (Å²) >= 11 is 6.37. The number of aromatic nitrogens is 2. The smallest absolute Gasteiger partial charge is 0.277 e. The Morgan fingerprint density at radius 2 is 1.87 bits per heavy atom. The lowest BCUT2D eigenvalue weighted by Gasteiger charge is -2.18. The normalized spacial score (nSPS) is 14.2. The quantitative estimate of drug-likeness (QED) is 0.630. The fourth-order valence-electron chi connectivity index (χ4n) is 3.21. The Balaban J connectivity index is 2.01. The number of nitrogens with one attached hydrogen (secondary N) is 1. The number of hydrogen-bond acceptors (Lipinski definition) is 6. The molecule has 1 aromatic carbocycles. The molecule has 1 aliphatic heterocycles. The third-order valence-electron chi connectivity index (χ3n) is 5.00. The van der Waals surface area contributed by atoms with Gasteiger partial charge in [0, 0.05) is 31.9 Å². The van der Waals surface area contributed by atoms with Gasteiger partial charge in [0.05, 0.1) is 10.8 Å². The zero-order valence-electron chi connectivity index (χ0n) is 16.6. The van der Waals surface area contributed by atoms with Gasteiger partial charge in [0.25, 0.3) is 11.5 Å². The molecule has 9 nitrogen and oxygen atoms in total. The van der Waals surface area contributed by atoms with Crippen molar-refractivity contribution in [2.75, 3.05) is 25.4 Å². The van der Waals surface area contributed by atoms with Crippen LogP contribution in [0.15, 0.2) is 28.0 Å². The molecule has 1 saturated heterocycles. The van der Waals surface area contributed by atoms with Gasteiger partial charge in [-0.25, -0.2) is 8.42 Å². The minimum Gasteiger partial charge on any atom is -0.481 e. The molecular formula is C19H22ClN3O6S. The number of amides is 1. The summed E-state index contributed by atoms with van der Waals surface area (Å²) < 4.78 is 31.7. The summed E-state index contributed by atoms with van der Waals surface area (Å²) in [6, 6.07) is 2.46. The Morgan fingerprint density at radius 1 is 1.20 bits per heavy atom. The molecule has 1 aromatic heterocycles. The van der Waals surface area contributed by atoms with Crippen molar-refractivity contribution in [2.45, 2.75) is 24.7 Å². The highest BCUT2D eigenvalue weighted by atomic mass is 35.5. The van der Waals surface area contributed by atoms with Crippen LogP contribution in [0.3, 0.4) is 0 Å². The summed E-state index contributed by atoms with van der Waals surface area (Å²) in [5.41, 5.74) is -0.787. The van der Waals surface area contributed by atoms with Crippen molar-refractivity contribution in [3.8, 4) is 5.75 Å². The van der Waals surface area contributed by atoms with Gasteiger partial charge in [0.2, 0.25) is 5.78 Å². The van der Waals surface area contributed by atoms with Crippen LogP contribution in [0.1, 0.15) is 35.7 Å². The number of nitrogens with zero attached hydrogens (tertiary/aromatic N) is 2. The molecule has 11 heteroatoms. The molecular weight excluding hydrogens is 434 g/mol. The van der Waals surface area contributed by atoms with E-state index in [1.165, 1.54) is 32.3 Å². The number of halogens is 1. The molecule has 1 amide bonds. The zero-order chi connectivity index (χ0) is 22.1.